The van der Waals surface area contributed by atoms with E-state index in [1.54, 1.807) is 9.47 Å². The lowest BCUT2D eigenvalue weighted by Crippen LogP contribution is -2.41. The van der Waals surface area contributed by atoms with Crippen LogP contribution in [0, 0.1) is 6.92 Å². The highest BCUT2D eigenvalue weighted by molar-refractivity contribution is 7.20. The molecule has 1 saturated heterocycles. The molecule has 2 aromatic heterocycles. The Kier molecular flexibility index (Phi) is 4.81. The maximum Gasteiger partial charge on any atom is 0.264 e. The summed E-state index contributed by atoms with van der Waals surface area (Å²) in [5.74, 6) is 0.826. The quantitative estimate of drug-likeness (QED) is 0.800. The van der Waals surface area contributed by atoms with E-state index in [4.69, 9.17) is 4.74 Å². The van der Waals surface area contributed by atoms with Crippen molar-refractivity contribution in [3.8, 4) is 0 Å². The number of thiophene rings is 1. The van der Waals surface area contributed by atoms with Crippen molar-refractivity contribution in [2.24, 2.45) is 0 Å². The Labute approximate surface area is 156 Å². The van der Waals surface area contributed by atoms with Gasteiger partial charge in [-0.1, -0.05) is 0 Å². The number of fused-ring (bicyclic) bond motifs is 2. The van der Waals surface area contributed by atoms with Crippen LogP contribution in [-0.4, -0.2) is 71.7 Å². The Morgan fingerprint density at radius 3 is 2.85 bits per heavy atom. The summed E-state index contributed by atoms with van der Waals surface area (Å²) in [4.78, 5) is 35.7. The molecule has 0 radical (unpaired) electrons. The molecule has 2 aliphatic rings. The lowest BCUT2D eigenvalue weighted by molar-refractivity contribution is 0.0338. The highest BCUT2D eigenvalue weighted by Gasteiger charge is 2.25. The minimum absolute atomic E-state index is 0.00581. The van der Waals surface area contributed by atoms with E-state index in [0.29, 0.717) is 21.6 Å². The number of aryl methyl sites for hydroxylation is 2. The topological polar surface area (TPSA) is 67.7 Å². The van der Waals surface area contributed by atoms with Gasteiger partial charge in [0.15, 0.2) is 0 Å². The third-order valence-electron chi connectivity index (χ3n) is 5.31. The van der Waals surface area contributed by atoms with Gasteiger partial charge in [-0.25, -0.2) is 4.98 Å². The second-order valence-corrected chi connectivity index (χ2v) is 8.00. The molecule has 4 heterocycles. The molecule has 1 fully saturated rings. The third kappa shape index (κ3) is 3.06. The van der Waals surface area contributed by atoms with Gasteiger partial charge < -0.3 is 9.64 Å². The van der Waals surface area contributed by atoms with Crippen LogP contribution < -0.4 is 5.56 Å². The van der Waals surface area contributed by atoms with Gasteiger partial charge in [0, 0.05) is 46.2 Å². The lowest BCUT2D eigenvalue weighted by Gasteiger charge is -2.28. The summed E-state index contributed by atoms with van der Waals surface area (Å²) < 4.78 is 7.12. The number of amides is 1. The van der Waals surface area contributed by atoms with Crippen molar-refractivity contribution in [2.45, 2.75) is 26.3 Å². The number of rotatable bonds is 4. The van der Waals surface area contributed by atoms with Gasteiger partial charge in [-0.05, 0) is 18.9 Å². The van der Waals surface area contributed by atoms with E-state index < -0.39 is 0 Å². The first-order valence-electron chi connectivity index (χ1n) is 9.14. The zero-order chi connectivity index (χ0) is 18.3. The highest BCUT2D eigenvalue weighted by Crippen LogP contribution is 2.29. The molecule has 4 rings (SSSR count). The summed E-state index contributed by atoms with van der Waals surface area (Å²) >= 11 is 1.35. The molecule has 0 unspecified atom stereocenters. The molecule has 0 spiro atoms. The van der Waals surface area contributed by atoms with Gasteiger partial charge in [0.25, 0.3) is 11.5 Å². The number of carbonyl (C=O) groups excluding carboxylic acids is 1. The molecule has 26 heavy (non-hydrogen) atoms. The summed E-state index contributed by atoms with van der Waals surface area (Å²) in [6.45, 7) is 7.44. The van der Waals surface area contributed by atoms with E-state index in [0.717, 1.165) is 63.6 Å². The first-order valence-corrected chi connectivity index (χ1v) is 9.96. The fourth-order valence-corrected chi connectivity index (χ4v) is 4.86. The molecule has 7 nitrogen and oxygen atoms in total. The summed E-state index contributed by atoms with van der Waals surface area (Å²) in [5, 5.41) is 0.616. The molecule has 0 bridgehead atoms. The Hall–Kier alpha value is -1.77. The van der Waals surface area contributed by atoms with Crippen LogP contribution in [0.5, 0.6) is 0 Å². The number of nitrogens with zero attached hydrogens (tertiary/aromatic N) is 4. The van der Waals surface area contributed by atoms with Crippen LogP contribution in [0.15, 0.2) is 4.79 Å². The van der Waals surface area contributed by atoms with Gasteiger partial charge in [0.2, 0.25) is 0 Å². The van der Waals surface area contributed by atoms with Crippen LogP contribution in [0.3, 0.4) is 0 Å². The van der Waals surface area contributed by atoms with Crippen molar-refractivity contribution in [1.29, 1.82) is 0 Å². The minimum atomic E-state index is -0.0247. The standard InChI is InChI=1S/C18H24N4O3S/c1-12-14-16(19-13-4-3-5-22(13)17(14)23)26-15(12)18(24)20(2)6-7-21-8-10-25-11-9-21/h3-11H2,1-2H3. The number of carbonyl (C=O) groups is 1. The van der Waals surface area contributed by atoms with E-state index in [-0.39, 0.29) is 11.5 Å². The first kappa shape index (κ1) is 17.6. The monoisotopic (exact) mass is 376 g/mol. The maximum absolute atomic E-state index is 12.9. The van der Waals surface area contributed by atoms with Crippen molar-refractivity contribution in [2.75, 3.05) is 46.4 Å². The van der Waals surface area contributed by atoms with Crippen LogP contribution in [0.4, 0.5) is 0 Å². The molecule has 8 heteroatoms. The third-order valence-corrected chi connectivity index (χ3v) is 6.48. The molecule has 1 amide bonds. The zero-order valence-corrected chi connectivity index (χ0v) is 16.1. The fraction of sp³-hybridized carbons (Fsp3) is 0.611. The van der Waals surface area contributed by atoms with E-state index in [1.165, 1.54) is 11.3 Å². The van der Waals surface area contributed by atoms with Crippen LogP contribution in [0.2, 0.25) is 0 Å². The number of morpholine rings is 1. The Bertz CT molecular complexity index is 898. The molecule has 0 aliphatic carbocycles. The summed E-state index contributed by atoms with van der Waals surface area (Å²) in [5.41, 5.74) is 0.777. The normalized spacial score (nSPS) is 17.6. The Balaban J connectivity index is 1.56. The SMILES string of the molecule is Cc1c(C(=O)N(C)CCN2CCOCC2)sc2nc3n(c(=O)c12)CCC3. The summed E-state index contributed by atoms with van der Waals surface area (Å²) in [7, 11) is 1.83. The summed E-state index contributed by atoms with van der Waals surface area (Å²) in [6.07, 6.45) is 1.81. The van der Waals surface area contributed by atoms with Crippen molar-refractivity contribution in [3.63, 3.8) is 0 Å². The Morgan fingerprint density at radius 1 is 1.31 bits per heavy atom. The van der Waals surface area contributed by atoms with Crippen molar-refractivity contribution in [1.82, 2.24) is 19.4 Å². The van der Waals surface area contributed by atoms with Gasteiger partial charge in [-0.2, -0.15) is 0 Å². The van der Waals surface area contributed by atoms with E-state index in [9.17, 15) is 9.59 Å². The van der Waals surface area contributed by atoms with Crippen molar-refractivity contribution >= 4 is 27.5 Å². The molecule has 140 valence electrons. The van der Waals surface area contributed by atoms with Crippen molar-refractivity contribution < 1.29 is 9.53 Å². The second kappa shape index (κ2) is 7.09. The van der Waals surface area contributed by atoms with E-state index in [2.05, 4.69) is 9.88 Å². The number of hydrogen-bond acceptors (Lipinski definition) is 6. The number of ether oxygens (including phenoxy) is 1. The maximum atomic E-state index is 12.9. The smallest absolute Gasteiger partial charge is 0.264 e. The largest absolute Gasteiger partial charge is 0.379 e. The molecule has 0 N–H and O–H groups in total. The van der Waals surface area contributed by atoms with Crippen LogP contribution in [0.1, 0.15) is 27.5 Å². The average Bonchev–Trinajstić information content (AvgIpc) is 3.25. The minimum Gasteiger partial charge on any atom is -0.379 e. The molecule has 0 saturated carbocycles. The van der Waals surface area contributed by atoms with Crippen LogP contribution in [0.25, 0.3) is 10.2 Å². The van der Waals surface area contributed by atoms with Gasteiger partial charge in [-0.3, -0.25) is 19.1 Å². The highest BCUT2D eigenvalue weighted by atomic mass is 32.1. The van der Waals surface area contributed by atoms with Crippen LogP contribution in [-0.2, 0) is 17.7 Å². The van der Waals surface area contributed by atoms with E-state index >= 15 is 0 Å². The van der Waals surface area contributed by atoms with E-state index in [1.807, 2.05) is 14.0 Å². The lowest BCUT2D eigenvalue weighted by atomic mass is 10.2. The molecule has 2 aliphatic heterocycles. The predicted molar refractivity (Wildman–Crippen MR) is 101 cm³/mol. The molecule has 0 aromatic carbocycles. The number of hydrogen-bond donors (Lipinski definition) is 0. The molecular formula is C18H24N4O3S. The van der Waals surface area contributed by atoms with Crippen molar-refractivity contribution in [3.05, 3.63) is 26.6 Å². The second-order valence-electron chi connectivity index (χ2n) is 7.01. The Morgan fingerprint density at radius 2 is 2.08 bits per heavy atom. The molecular weight excluding hydrogens is 352 g/mol. The van der Waals surface area contributed by atoms with Gasteiger partial charge in [0.05, 0.1) is 23.5 Å². The summed E-state index contributed by atoms with van der Waals surface area (Å²) in [6, 6.07) is 0. The molecule has 2 aromatic rings. The van der Waals surface area contributed by atoms with Gasteiger partial charge in [-0.15, -0.1) is 11.3 Å². The zero-order valence-electron chi connectivity index (χ0n) is 15.3. The first-order chi connectivity index (χ1) is 12.6. The van der Waals surface area contributed by atoms with Gasteiger partial charge in [0.1, 0.15) is 10.7 Å². The van der Waals surface area contributed by atoms with Crippen LogP contribution >= 0.6 is 11.3 Å². The molecule has 0 atom stereocenters. The predicted octanol–water partition coefficient (Wildman–Crippen LogP) is 1.12. The fourth-order valence-electron chi connectivity index (χ4n) is 3.67. The number of likely N-dealkylation sites (N-methyl/N-ethyl adjacent to an activating group) is 1. The number of aromatic nitrogens is 2. The average molecular weight is 376 g/mol. The van der Waals surface area contributed by atoms with Gasteiger partial charge >= 0.3 is 0 Å².